The fraction of sp³-hybridized carbons (Fsp3) is 0.269. The molecule has 2 saturated heterocycles. The van der Waals surface area contributed by atoms with Gasteiger partial charge in [-0.15, -0.1) is 0 Å². The summed E-state index contributed by atoms with van der Waals surface area (Å²) in [4.78, 5) is 17.1. The standard InChI is InChI=1S/C26H25ClN2O4/c27-19-9-11-20(12-10-19)29-23(25(26(29)31)33-21-6-2-1-3-7-21)22-8-4-5-18(24(22)30)17-28-13-15-32-16-14-28/h1-12,23,25,30H,13-17H2/t23-,25-/m0/s1. The molecule has 0 spiro atoms. The molecule has 170 valence electrons. The molecule has 3 aromatic rings. The molecule has 2 aliphatic rings. The molecule has 7 heteroatoms. The first kappa shape index (κ1) is 21.8. The van der Waals surface area contributed by atoms with E-state index in [-0.39, 0.29) is 11.7 Å². The zero-order chi connectivity index (χ0) is 22.8. The molecule has 2 fully saturated rings. The minimum atomic E-state index is -0.743. The van der Waals surface area contributed by atoms with Gasteiger partial charge in [-0.25, -0.2) is 0 Å². The number of hydrogen-bond donors (Lipinski definition) is 1. The number of ether oxygens (including phenoxy) is 2. The van der Waals surface area contributed by atoms with Gasteiger partial charge in [0.1, 0.15) is 17.5 Å². The van der Waals surface area contributed by atoms with Crippen molar-refractivity contribution in [3.8, 4) is 11.5 Å². The van der Waals surface area contributed by atoms with E-state index in [1.807, 2.05) is 48.5 Å². The number of aromatic hydroxyl groups is 1. The predicted octanol–water partition coefficient (Wildman–Crippen LogP) is 4.41. The fourth-order valence-corrected chi connectivity index (χ4v) is 4.52. The molecule has 33 heavy (non-hydrogen) atoms. The maximum atomic E-state index is 13.2. The van der Waals surface area contributed by atoms with E-state index in [0.29, 0.717) is 41.8 Å². The van der Waals surface area contributed by atoms with Gasteiger partial charge in [0.2, 0.25) is 6.10 Å². The van der Waals surface area contributed by atoms with Crippen LogP contribution in [0.15, 0.2) is 72.8 Å². The first-order chi connectivity index (χ1) is 16.1. The molecule has 1 amide bonds. The molecule has 0 bridgehead atoms. The Bertz CT molecular complexity index is 1120. The molecule has 5 rings (SSSR count). The third-order valence-electron chi connectivity index (χ3n) is 6.12. The number of rotatable bonds is 6. The summed E-state index contributed by atoms with van der Waals surface area (Å²) in [6, 6.07) is 21.6. The van der Waals surface area contributed by atoms with Gasteiger partial charge in [0.15, 0.2) is 0 Å². The highest BCUT2D eigenvalue weighted by atomic mass is 35.5. The van der Waals surface area contributed by atoms with Crippen molar-refractivity contribution in [1.29, 1.82) is 0 Å². The van der Waals surface area contributed by atoms with Gasteiger partial charge >= 0.3 is 0 Å². The Kier molecular flexibility index (Phi) is 6.22. The largest absolute Gasteiger partial charge is 0.507 e. The van der Waals surface area contributed by atoms with Gasteiger partial charge in [0.05, 0.1) is 13.2 Å². The van der Waals surface area contributed by atoms with Gasteiger partial charge in [-0.1, -0.05) is 48.0 Å². The summed E-state index contributed by atoms with van der Waals surface area (Å²) in [7, 11) is 0. The molecule has 3 aromatic carbocycles. The van der Waals surface area contributed by atoms with Gasteiger partial charge in [-0.3, -0.25) is 14.6 Å². The van der Waals surface area contributed by atoms with E-state index in [1.165, 1.54) is 0 Å². The average molecular weight is 465 g/mol. The first-order valence-corrected chi connectivity index (χ1v) is 11.4. The van der Waals surface area contributed by atoms with Crippen LogP contribution in [0.5, 0.6) is 11.5 Å². The number of hydrogen-bond acceptors (Lipinski definition) is 5. The third-order valence-corrected chi connectivity index (χ3v) is 6.38. The van der Waals surface area contributed by atoms with Crippen LogP contribution in [0.1, 0.15) is 17.2 Å². The molecule has 0 aromatic heterocycles. The summed E-state index contributed by atoms with van der Waals surface area (Å²) in [5, 5.41) is 11.9. The SMILES string of the molecule is O=C1[C@@H](Oc2ccccc2)[C@H](c2cccc(CN3CCOCC3)c2O)N1c1ccc(Cl)cc1. The summed E-state index contributed by atoms with van der Waals surface area (Å²) in [6.45, 7) is 3.64. The van der Waals surface area contributed by atoms with Crippen LogP contribution in [0.3, 0.4) is 0 Å². The van der Waals surface area contributed by atoms with Crippen LogP contribution in [-0.2, 0) is 16.1 Å². The number of para-hydroxylation sites is 2. The van der Waals surface area contributed by atoms with Gasteiger partial charge in [-0.05, 0) is 36.4 Å². The van der Waals surface area contributed by atoms with Crippen LogP contribution in [0.4, 0.5) is 5.69 Å². The van der Waals surface area contributed by atoms with Crippen molar-refractivity contribution < 1.29 is 19.4 Å². The summed E-state index contributed by atoms with van der Waals surface area (Å²) < 4.78 is 11.5. The van der Waals surface area contributed by atoms with Crippen LogP contribution in [0.25, 0.3) is 0 Å². The lowest BCUT2D eigenvalue weighted by molar-refractivity contribution is -0.135. The molecule has 0 saturated carbocycles. The predicted molar refractivity (Wildman–Crippen MR) is 127 cm³/mol. The van der Waals surface area contributed by atoms with Gasteiger partial charge in [-0.2, -0.15) is 0 Å². The van der Waals surface area contributed by atoms with E-state index in [9.17, 15) is 9.90 Å². The smallest absolute Gasteiger partial charge is 0.271 e. The lowest BCUT2D eigenvalue weighted by Crippen LogP contribution is -2.61. The molecule has 2 aliphatic heterocycles. The first-order valence-electron chi connectivity index (χ1n) is 11.0. The summed E-state index contributed by atoms with van der Waals surface area (Å²) in [6.07, 6.45) is -0.743. The quantitative estimate of drug-likeness (QED) is 0.547. The van der Waals surface area contributed by atoms with Crippen molar-refractivity contribution in [2.75, 3.05) is 31.2 Å². The Labute approximate surface area is 197 Å². The van der Waals surface area contributed by atoms with Crippen LogP contribution in [0.2, 0.25) is 5.02 Å². The summed E-state index contributed by atoms with van der Waals surface area (Å²) in [5.41, 5.74) is 2.19. The minimum absolute atomic E-state index is 0.163. The van der Waals surface area contributed by atoms with E-state index < -0.39 is 12.1 Å². The number of nitrogens with zero attached hydrogens (tertiary/aromatic N) is 2. The number of anilines is 1. The van der Waals surface area contributed by atoms with Gasteiger partial charge in [0, 0.05) is 41.5 Å². The van der Waals surface area contributed by atoms with Crippen LogP contribution < -0.4 is 9.64 Å². The number of amides is 1. The number of benzene rings is 3. The van der Waals surface area contributed by atoms with Crippen molar-refractivity contribution in [2.45, 2.75) is 18.7 Å². The molecule has 0 radical (unpaired) electrons. The number of carbonyl (C=O) groups excluding carboxylic acids is 1. The normalized spacial score (nSPS) is 21.0. The van der Waals surface area contributed by atoms with Crippen molar-refractivity contribution in [2.24, 2.45) is 0 Å². The number of phenolic OH excluding ortho intramolecular Hbond substituents is 1. The lowest BCUT2D eigenvalue weighted by atomic mass is 9.88. The Morgan fingerprint density at radius 2 is 1.70 bits per heavy atom. The number of halogens is 1. The number of morpholine rings is 1. The topological polar surface area (TPSA) is 62.2 Å². The van der Waals surface area contributed by atoms with E-state index in [1.54, 1.807) is 29.2 Å². The zero-order valence-electron chi connectivity index (χ0n) is 18.1. The highest BCUT2D eigenvalue weighted by molar-refractivity contribution is 6.30. The highest BCUT2D eigenvalue weighted by Crippen LogP contribution is 2.45. The van der Waals surface area contributed by atoms with Crippen molar-refractivity contribution in [3.05, 3.63) is 88.9 Å². The monoisotopic (exact) mass is 464 g/mol. The molecule has 2 heterocycles. The summed E-state index contributed by atoms with van der Waals surface area (Å²) >= 11 is 6.06. The van der Waals surface area contributed by atoms with Crippen molar-refractivity contribution in [1.82, 2.24) is 4.90 Å². The average Bonchev–Trinajstić information content (AvgIpc) is 2.85. The molecular weight excluding hydrogens is 440 g/mol. The van der Waals surface area contributed by atoms with Crippen LogP contribution in [0, 0.1) is 0 Å². The van der Waals surface area contributed by atoms with Crippen molar-refractivity contribution >= 4 is 23.2 Å². The number of carbonyl (C=O) groups is 1. The van der Waals surface area contributed by atoms with E-state index in [0.717, 1.165) is 18.7 Å². The van der Waals surface area contributed by atoms with Gasteiger partial charge in [0.25, 0.3) is 5.91 Å². The maximum Gasteiger partial charge on any atom is 0.271 e. The fourth-order valence-electron chi connectivity index (χ4n) is 4.39. The molecular formula is C26H25ClN2O4. The Morgan fingerprint density at radius 1 is 0.970 bits per heavy atom. The van der Waals surface area contributed by atoms with Crippen LogP contribution >= 0.6 is 11.6 Å². The number of β-lactam (4-membered cyclic amide) rings is 1. The molecule has 1 N–H and O–H groups in total. The zero-order valence-corrected chi connectivity index (χ0v) is 18.8. The van der Waals surface area contributed by atoms with E-state index in [4.69, 9.17) is 21.1 Å². The molecule has 2 atom stereocenters. The molecule has 6 nitrogen and oxygen atoms in total. The lowest BCUT2D eigenvalue weighted by Gasteiger charge is -2.47. The van der Waals surface area contributed by atoms with E-state index in [2.05, 4.69) is 4.90 Å². The highest BCUT2D eigenvalue weighted by Gasteiger charge is 2.52. The number of phenols is 1. The Hall–Kier alpha value is -3.06. The second-order valence-corrected chi connectivity index (χ2v) is 8.66. The van der Waals surface area contributed by atoms with Crippen molar-refractivity contribution in [3.63, 3.8) is 0 Å². The summed E-state index contributed by atoms with van der Waals surface area (Å²) in [5.74, 6) is 0.645. The molecule has 0 aliphatic carbocycles. The minimum Gasteiger partial charge on any atom is -0.507 e. The van der Waals surface area contributed by atoms with Gasteiger partial charge < -0.3 is 14.6 Å². The van der Waals surface area contributed by atoms with E-state index >= 15 is 0 Å². The Balaban J connectivity index is 1.48. The van der Waals surface area contributed by atoms with Crippen LogP contribution in [-0.4, -0.2) is 48.3 Å². The molecule has 0 unspecified atom stereocenters. The second-order valence-electron chi connectivity index (χ2n) is 8.22. The Morgan fingerprint density at radius 3 is 2.42 bits per heavy atom. The second kappa shape index (κ2) is 9.43. The third kappa shape index (κ3) is 4.42. The maximum absolute atomic E-state index is 13.2.